The van der Waals surface area contributed by atoms with Crippen molar-refractivity contribution < 1.29 is 24.1 Å². The molecule has 1 atom stereocenters. The van der Waals surface area contributed by atoms with Gasteiger partial charge >= 0.3 is 0 Å². The van der Waals surface area contributed by atoms with Gasteiger partial charge in [-0.05, 0) is 36.4 Å². The van der Waals surface area contributed by atoms with E-state index in [4.69, 9.17) is 25.1 Å². The highest BCUT2D eigenvalue weighted by Gasteiger charge is 2.27. The number of rotatable bonds is 8. The highest BCUT2D eigenvalue weighted by atomic mass is 16.5. The smallest absolute Gasteiger partial charge is 0.248 e. The molecule has 2 aliphatic rings. The van der Waals surface area contributed by atoms with Gasteiger partial charge in [-0.2, -0.15) is 0 Å². The molecule has 1 aromatic heterocycles. The number of amides is 1. The van der Waals surface area contributed by atoms with Gasteiger partial charge in [0.25, 0.3) is 0 Å². The number of hydrogen-bond donors (Lipinski definition) is 3. The number of carbonyl (C=O) groups is 1. The fourth-order valence-corrected chi connectivity index (χ4v) is 4.68. The Bertz CT molecular complexity index is 1280. The van der Waals surface area contributed by atoms with E-state index in [2.05, 4.69) is 20.2 Å². The maximum atomic E-state index is 11.7. The normalized spacial score (nSPS) is 17.4. The van der Waals surface area contributed by atoms with Crippen molar-refractivity contribution in [3.05, 3.63) is 48.7 Å². The summed E-state index contributed by atoms with van der Waals surface area (Å²) in [5, 5.41) is 12.3. The zero-order valence-corrected chi connectivity index (χ0v) is 21.3. The number of nitrogen functional groups attached to an aromatic ring is 1. The van der Waals surface area contributed by atoms with E-state index in [-0.39, 0.29) is 12.0 Å². The number of methoxy groups -OCH3 is 1. The lowest BCUT2D eigenvalue weighted by atomic mass is 10.1. The van der Waals surface area contributed by atoms with Gasteiger partial charge in [-0.3, -0.25) is 4.79 Å². The molecule has 2 saturated heterocycles. The Balaban J connectivity index is 1.27. The summed E-state index contributed by atoms with van der Waals surface area (Å²) in [6.07, 6.45) is 2.21. The van der Waals surface area contributed by atoms with Gasteiger partial charge in [-0.1, -0.05) is 0 Å². The first kappa shape index (κ1) is 25.6. The molecule has 2 fully saturated rings. The highest BCUT2D eigenvalue weighted by Crippen LogP contribution is 2.33. The molecule has 1 unspecified atom stereocenters. The first-order valence-electron chi connectivity index (χ1n) is 12.6. The van der Waals surface area contributed by atoms with Gasteiger partial charge in [-0.25, -0.2) is 9.97 Å². The lowest BCUT2D eigenvalue weighted by Gasteiger charge is -2.30. The Hall–Kier alpha value is -4.09. The number of nitrogens with one attached hydrogen (secondary N) is 1. The minimum absolute atomic E-state index is 0.167. The predicted molar refractivity (Wildman–Crippen MR) is 144 cm³/mol. The van der Waals surface area contributed by atoms with Crippen LogP contribution in [0.3, 0.4) is 0 Å². The molecule has 2 aliphatic heterocycles. The number of nitrogens with zero attached hydrogens (tertiary/aromatic N) is 4. The first-order chi connectivity index (χ1) is 18.5. The number of aliphatic hydroxyl groups is 1. The third kappa shape index (κ3) is 5.74. The third-order valence-corrected chi connectivity index (χ3v) is 6.68. The zero-order chi connectivity index (χ0) is 26.5. The van der Waals surface area contributed by atoms with E-state index in [9.17, 15) is 4.79 Å². The number of anilines is 4. The second-order valence-corrected chi connectivity index (χ2v) is 9.16. The summed E-state index contributed by atoms with van der Waals surface area (Å²) in [5.41, 5.74) is 10.1. The van der Waals surface area contributed by atoms with Crippen LogP contribution in [0, 0.1) is 0 Å². The Labute approximate surface area is 221 Å². The van der Waals surface area contributed by atoms with Crippen LogP contribution in [0.2, 0.25) is 0 Å². The van der Waals surface area contributed by atoms with Gasteiger partial charge in [0.2, 0.25) is 11.9 Å². The largest absolute Gasteiger partial charge is 0.495 e. The Kier molecular flexibility index (Phi) is 7.75. The minimum Gasteiger partial charge on any atom is -0.495 e. The van der Waals surface area contributed by atoms with E-state index in [1.54, 1.807) is 18.2 Å². The van der Waals surface area contributed by atoms with Gasteiger partial charge in [0.15, 0.2) is 0 Å². The van der Waals surface area contributed by atoms with Crippen molar-refractivity contribution in [1.29, 1.82) is 0 Å². The molecule has 0 spiro atoms. The van der Waals surface area contributed by atoms with Crippen LogP contribution in [0.1, 0.15) is 6.42 Å². The maximum absolute atomic E-state index is 11.7. The van der Waals surface area contributed by atoms with Crippen molar-refractivity contribution >= 4 is 28.9 Å². The van der Waals surface area contributed by atoms with Crippen LogP contribution in [-0.4, -0.2) is 85.1 Å². The summed E-state index contributed by atoms with van der Waals surface area (Å²) in [6, 6.07) is 13.3. The monoisotopic (exact) mass is 520 g/mol. The standard InChI is InChI=1S/C27H32N6O5/c1-36-25-15-19(3-4-23(25)32-10-12-37-13-11-32)30-27-29-8-6-22(31-27)18-2-5-24(21(28)14-18)38-20-7-9-33(16-20)26(35)17-34/h2-6,8,14-15,20,34H,7,9-13,16-17,28H2,1H3,(H,29,30,31). The number of likely N-dealkylation sites (tertiary alicyclic amines) is 1. The molecular weight excluding hydrogens is 488 g/mol. The Morgan fingerprint density at radius 1 is 1.16 bits per heavy atom. The quantitative estimate of drug-likeness (QED) is 0.380. The van der Waals surface area contributed by atoms with Crippen LogP contribution >= 0.6 is 0 Å². The van der Waals surface area contributed by atoms with Crippen LogP contribution in [0.4, 0.5) is 23.0 Å². The molecule has 38 heavy (non-hydrogen) atoms. The van der Waals surface area contributed by atoms with E-state index in [1.165, 1.54) is 0 Å². The maximum Gasteiger partial charge on any atom is 0.248 e. The van der Waals surface area contributed by atoms with Gasteiger partial charge < -0.3 is 40.2 Å². The van der Waals surface area contributed by atoms with Gasteiger partial charge in [0.1, 0.15) is 24.2 Å². The molecule has 11 heteroatoms. The van der Waals surface area contributed by atoms with Crippen molar-refractivity contribution in [3.63, 3.8) is 0 Å². The topological polar surface area (TPSA) is 135 Å². The minimum atomic E-state index is -0.493. The molecule has 1 amide bonds. The third-order valence-electron chi connectivity index (χ3n) is 6.68. The summed E-state index contributed by atoms with van der Waals surface area (Å²) in [4.78, 5) is 24.6. The van der Waals surface area contributed by atoms with E-state index in [0.717, 1.165) is 35.8 Å². The van der Waals surface area contributed by atoms with E-state index in [1.807, 2.05) is 42.5 Å². The molecular formula is C27H32N6O5. The van der Waals surface area contributed by atoms with E-state index < -0.39 is 6.61 Å². The second kappa shape index (κ2) is 11.5. The zero-order valence-electron chi connectivity index (χ0n) is 21.3. The van der Waals surface area contributed by atoms with Gasteiger partial charge in [0.05, 0.1) is 43.9 Å². The molecule has 3 aromatic rings. The van der Waals surface area contributed by atoms with Crippen LogP contribution in [0.25, 0.3) is 11.3 Å². The van der Waals surface area contributed by atoms with E-state index >= 15 is 0 Å². The number of carbonyl (C=O) groups excluding carboxylic acids is 1. The van der Waals surface area contributed by atoms with Crippen LogP contribution < -0.4 is 25.4 Å². The number of aromatic nitrogens is 2. The molecule has 0 radical (unpaired) electrons. The molecule has 2 aromatic carbocycles. The number of ether oxygens (including phenoxy) is 3. The summed E-state index contributed by atoms with van der Waals surface area (Å²) >= 11 is 0. The van der Waals surface area contributed by atoms with Gasteiger partial charge in [0, 0.05) is 49.6 Å². The Morgan fingerprint density at radius 2 is 2.00 bits per heavy atom. The average molecular weight is 521 g/mol. The molecule has 0 bridgehead atoms. The number of nitrogens with two attached hydrogens (primary N) is 1. The molecule has 11 nitrogen and oxygen atoms in total. The fraction of sp³-hybridized carbons (Fsp3) is 0.370. The molecule has 200 valence electrons. The van der Waals surface area contributed by atoms with Crippen molar-refractivity contribution in [2.45, 2.75) is 12.5 Å². The van der Waals surface area contributed by atoms with Crippen molar-refractivity contribution in [1.82, 2.24) is 14.9 Å². The average Bonchev–Trinajstić information content (AvgIpc) is 3.43. The lowest BCUT2D eigenvalue weighted by molar-refractivity contribution is -0.133. The van der Waals surface area contributed by atoms with E-state index in [0.29, 0.717) is 55.8 Å². The summed E-state index contributed by atoms with van der Waals surface area (Å²) in [6.45, 7) is 3.54. The highest BCUT2D eigenvalue weighted by molar-refractivity contribution is 5.77. The lowest BCUT2D eigenvalue weighted by Crippen LogP contribution is -2.36. The molecule has 0 aliphatic carbocycles. The fourth-order valence-electron chi connectivity index (χ4n) is 4.68. The van der Waals surface area contributed by atoms with Crippen molar-refractivity contribution in [2.24, 2.45) is 0 Å². The molecule has 4 N–H and O–H groups in total. The van der Waals surface area contributed by atoms with Crippen LogP contribution in [0.5, 0.6) is 11.5 Å². The second-order valence-electron chi connectivity index (χ2n) is 9.16. The predicted octanol–water partition coefficient (Wildman–Crippen LogP) is 2.29. The number of hydrogen-bond acceptors (Lipinski definition) is 10. The summed E-state index contributed by atoms with van der Waals surface area (Å²) < 4.78 is 17.1. The van der Waals surface area contributed by atoms with Crippen LogP contribution in [-0.2, 0) is 9.53 Å². The SMILES string of the molecule is COc1cc(Nc2nccc(-c3ccc(OC4CCN(C(=O)CO)C4)c(N)c3)n2)ccc1N1CCOCC1. The molecule has 5 rings (SSSR count). The van der Waals surface area contributed by atoms with Crippen LogP contribution in [0.15, 0.2) is 48.7 Å². The number of benzene rings is 2. The summed E-state index contributed by atoms with van der Waals surface area (Å²) in [5.74, 6) is 1.47. The number of aliphatic hydroxyl groups excluding tert-OH is 1. The Morgan fingerprint density at radius 3 is 2.76 bits per heavy atom. The number of morpholine rings is 1. The molecule has 3 heterocycles. The van der Waals surface area contributed by atoms with Crippen molar-refractivity contribution in [3.8, 4) is 22.8 Å². The molecule has 0 saturated carbocycles. The van der Waals surface area contributed by atoms with Gasteiger partial charge in [-0.15, -0.1) is 0 Å². The van der Waals surface area contributed by atoms with Crippen molar-refractivity contribution in [2.75, 3.05) is 69.1 Å². The first-order valence-corrected chi connectivity index (χ1v) is 12.6. The summed E-state index contributed by atoms with van der Waals surface area (Å²) in [7, 11) is 1.66.